The van der Waals surface area contributed by atoms with E-state index in [2.05, 4.69) is 4.57 Å². The van der Waals surface area contributed by atoms with Gasteiger partial charge in [-0.15, -0.1) is 0 Å². The summed E-state index contributed by atoms with van der Waals surface area (Å²) in [7, 11) is 0. The van der Waals surface area contributed by atoms with Gasteiger partial charge in [0.25, 0.3) is 0 Å². The molecule has 0 radical (unpaired) electrons. The standard InChI is InChI=1S/C15H21N3O2/c16-11-15(5-9-20-10-6-15)14-17-12-3-1-2-4-13(12)18(14)7-8-19/h1-4,19H,5-11,16H2. The van der Waals surface area contributed by atoms with Gasteiger partial charge < -0.3 is 20.1 Å². The highest BCUT2D eigenvalue weighted by molar-refractivity contribution is 5.76. The number of benzene rings is 1. The zero-order valence-electron chi connectivity index (χ0n) is 11.6. The zero-order chi connectivity index (χ0) is 14.0. The van der Waals surface area contributed by atoms with Crippen LogP contribution in [-0.4, -0.2) is 41.0 Å². The average molecular weight is 275 g/mol. The number of hydrogen-bond acceptors (Lipinski definition) is 4. The highest BCUT2D eigenvalue weighted by Crippen LogP contribution is 2.35. The molecule has 5 nitrogen and oxygen atoms in total. The first-order valence-corrected chi connectivity index (χ1v) is 7.15. The molecule has 1 aliphatic rings. The molecule has 1 aromatic heterocycles. The second-order valence-electron chi connectivity index (χ2n) is 5.40. The average Bonchev–Trinajstić information content (AvgIpc) is 2.88. The molecule has 0 aliphatic carbocycles. The van der Waals surface area contributed by atoms with E-state index in [0.29, 0.717) is 13.1 Å². The zero-order valence-corrected chi connectivity index (χ0v) is 11.6. The fraction of sp³-hybridized carbons (Fsp3) is 0.533. The van der Waals surface area contributed by atoms with Crippen molar-refractivity contribution in [1.82, 2.24) is 9.55 Å². The maximum Gasteiger partial charge on any atom is 0.117 e. The van der Waals surface area contributed by atoms with Crippen LogP contribution in [0, 0.1) is 0 Å². The van der Waals surface area contributed by atoms with Crippen molar-refractivity contribution in [2.45, 2.75) is 24.8 Å². The summed E-state index contributed by atoms with van der Waals surface area (Å²) in [6.07, 6.45) is 1.77. The molecular formula is C15H21N3O2. The molecule has 5 heteroatoms. The minimum atomic E-state index is -0.133. The number of hydrogen-bond donors (Lipinski definition) is 2. The largest absolute Gasteiger partial charge is 0.395 e. The maximum absolute atomic E-state index is 9.37. The number of imidazole rings is 1. The fourth-order valence-corrected chi connectivity index (χ4v) is 3.09. The number of ether oxygens (including phenoxy) is 1. The molecule has 108 valence electrons. The molecule has 1 fully saturated rings. The fourth-order valence-electron chi connectivity index (χ4n) is 3.09. The Hall–Kier alpha value is -1.43. The lowest BCUT2D eigenvalue weighted by atomic mass is 9.79. The Kier molecular flexibility index (Phi) is 3.74. The number of nitrogens with zero attached hydrogens (tertiary/aromatic N) is 2. The van der Waals surface area contributed by atoms with Crippen LogP contribution in [0.15, 0.2) is 24.3 Å². The number of fused-ring (bicyclic) bond motifs is 1. The van der Waals surface area contributed by atoms with Gasteiger partial charge in [0.2, 0.25) is 0 Å². The van der Waals surface area contributed by atoms with Gasteiger partial charge in [0, 0.05) is 31.7 Å². The molecule has 3 N–H and O–H groups in total. The maximum atomic E-state index is 9.37. The Morgan fingerprint density at radius 1 is 1.30 bits per heavy atom. The van der Waals surface area contributed by atoms with Crippen LogP contribution in [0.25, 0.3) is 11.0 Å². The first-order valence-electron chi connectivity index (χ1n) is 7.15. The van der Waals surface area contributed by atoms with Gasteiger partial charge in [-0.3, -0.25) is 0 Å². The van der Waals surface area contributed by atoms with Crippen LogP contribution < -0.4 is 5.73 Å². The molecule has 0 unspecified atom stereocenters. The predicted molar refractivity (Wildman–Crippen MR) is 77.6 cm³/mol. The molecule has 1 saturated heterocycles. The summed E-state index contributed by atoms with van der Waals surface area (Å²) in [6, 6.07) is 8.05. The Balaban J connectivity index is 2.15. The molecule has 0 spiro atoms. The lowest BCUT2D eigenvalue weighted by molar-refractivity contribution is 0.0485. The number of rotatable bonds is 4. The van der Waals surface area contributed by atoms with E-state index in [9.17, 15) is 5.11 Å². The summed E-state index contributed by atoms with van der Waals surface area (Å²) >= 11 is 0. The lowest BCUT2D eigenvalue weighted by Gasteiger charge is -2.35. The van der Waals surface area contributed by atoms with Gasteiger partial charge in [0.1, 0.15) is 5.82 Å². The third-order valence-corrected chi connectivity index (χ3v) is 4.29. The van der Waals surface area contributed by atoms with Crippen LogP contribution in [0.1, 0.15) is 18.7 Å². The smallest absolute Gasteiger partial charge is 0.117 e. The summed E-state index contributed by atoms with van der Waals surface area (Å²) in [5.41, 5.74) is 7.99. The summed E-state index contributed by atoms with van der Waals surface area (Å²) in [6.45, 7) is 2.66. The van der Waals surface area contributed by atoms with Crippen molar-refractivity contribution in [1.29, 1.82) is 0 Å². The normalized spacial score (nSPS) is 18.5. The molecule has 0 saturated carbocycles. The van der Waals surface area contributed by atoms with E-state index in [1.165, 1.54) is 0 Å². The van der Waals surface area contributed by atoms with Gasteiger partial charge in [-0.2, -0.15) is 0 Å². The first kappa shape index (κ1) is 13.5. The SMILES string of the molecule is NCC1(c2nc3ccccc3n2CCO)CCOCC1. The molecule has 1 aliphatic heterocycles. The van der Waals surface area contributed by atoms with Gasteiger partial charge in [0.15, 0.2) is 0 Å². The predicted octanol–water partition coefficient (Wildman–Crippen LogP) is 1.04. The summed E-state index contributed by atoms with van der Waals surface area (Å²) in [5, 5.41) is 9.37. The van der Waals surface area contributed by atoms with Gasteiger partial charge in [-0.05, 0) is 25.0 Å². The van der Waals surface area contributed by atoms with E-state index < -0.39 is 0 Å². The van der Waals surface area contributed by atoms with Crippen molar-refractivity contribution >= 4 is 11.0 Å². The number of aromatic nitrogens is 2. The van der Waals surface area contributed by atoms with E-state index in [1.54, 1.807) is 0 Å². The second-order valence-corrected chi connectivity index (χ2v) is 5.40. The highest BCUT2D eigenvalue weighted by atomic mass is 16.5. The van der Waals surface area contributed by atoms with Crippen LogP contribution >= 0.6 is 0 Å². The molecule has 0 bridgehead atoms. The summed E-state index contributed by atoms with van der Waals surface area (Å²) < 4.78 is 7.60. The van der Waals surface area contributed by atoms with Crippen LogP contribution in [0.5, 0.6) is 0 Å². The van der Waals surface area contributed by atoms with Crippen molar-refractivity contribution in [2.24, 2.45) is 5.73 Å². The number of para-hydroxylation sites is 2. The van der Waals surface area contributed by atoms with Gasteiger partial charge in [-0.25, -0.2) is 4.98 Å². The minimum Gasteiger partial charge on any atom is -0.395 e. The van der Waals surface area contributed by atoms with E-state index in [-0.39, 0.29) is 12.0 Å². The summed E-state index contributed by atoms with van der Waals surface area (Å²) in [5.74, 6) is 0.999. The third kappa shape index (κ3) is 2.12. The molecule has 3 rings (SSSR count). The lowest BCUT2D eigenvalue weighted by Crippen LogP contribution is -2.43. The van der Waals surface area contributed by atoms with Gasteiger partial charge in [-0.1, -0.05) is 12.1 Å². The Bertz CT molecular complexity index is 588. The van der Waals surface area contributed by atoms with E-state index in [4.69, 9.17) is 15.5 Å². The van der Waals surface area contributed by atoms with Crippen LogP contribution in [0.3, 0.4) is 0 Å². The monoisotopic (exact) mass is 275 g/mol. The Labute approximate surface area is 118 Å². The Morgan fingerprint density at radius 3 is 2.75 bits per heavy atom. The van der Waals surface area contributed by atoms with Gasteiger partial charge >= 0.3 is 0 Å². The van der Waals surface area contributed by atoms with Crippen molar-refractivity contribution in [3.8, 4) is 0 Å². The van der Waals surface area contributed by atoms with Crippen LogP contribution in [0.2, 0.25) is 0 Å². The molecule has 2 aromatic rings. The van der Waals surface area contributed by atoms with Crippen molar-refractivity contribution in [3.05, 3.63) is 30.1 Å². The topological polar surface area (TPSA) is 73.3 Å². The second kappa shape index (κ2) is 5.52. The molecule has 0 amide bonds. The van der Waals surface area contributed by atoms with Gasteiger partial charge in [0.05, 0.1) is 17.6 Å². The molecule has 0 atom stereocenters. The van der Waals surface area contributed by atoms with E-state index >= 15 is 0 Å². The highest BCUT2D eigenvalue weighted by Gasteiger charge is 2.37. The van der Waals surface area contributed by atoms with Crippen LogP contribution in [0.4, 0.5) is 0 Å². The van der Waals surface area contributed by atoms with Crippen molar-refractivity contribution in [2.75, 3.05) is 26.4 Å². The molecule has 2 heterocycles. The summed E-state index contributed by atoms with van der Waals surface area (Å²) in [4.78, 5) is 4.81. The Morgan fingerprint density at radius 2 is 2.05 bits per heavy atom. The van der Waals surface area contributed by atoms with E-state index in [0.717, 1.165) is 42.9 Å². The first-order chi connectivity index (χ1) is 9.80. The number of aliphatic hydroxyl groups excluding tert-OH is 1. The van der Waals surface area contributed by atoms with Crippen LogP contribution in [-0.2, 0) is 16.7 Å². The quantitative estimate of drug-likeness (QED) is 0.874. The molecule has 20 heavy (non-hydrogen) atoms. The minimum absolute atomic E-state index is 0.102. The third-order valence-electron chi connectivity index (χ3n) is 4.29. The number of nitrogens with two attached hydrogens (primary N) is 1. The van der Waals surface area contributed by atoms with Crippen molar-refractivity contribution < 1.29 is 9.84 Å². The van der Waals surface area contributed by atoms with E-state index in [1.807, 2.05) is 24.3 Å². The number of aliphatic hydroxyl groups is 1. The molecular weight excluding hydrogens is 254 g/mol. The molecule has 1 aromatic carbocycles. The van der Waals surface area contributed by atoms with Crippen molar-refractivity contribution in [3.63, 3.8) is 0 Å².